The van der Waals surface area contributed by atoms with E-state index >= 15 is 0 Å². The van der Waals surface area contributed by atoms with Crippen molar-refractivity contribution < 1.29 is 9.53 Å². The van der Waals surface area contributed by atoms with Crippen LogP contribution < -0.4 is 15.4 Å². The molecule has 0 radical (unpaired) electrons. The summed E-state index contributed by atoms with van der Waals surface area (Å²) in [6.45, 7) is 5.06. The first-order valence-corrected chi connectivity index (χ1v) is 7.99. The third-order valence-corrected chi connectivity index (χ3v) is 3.71. The van der Waals surface area contributed by atoms with Crippen molar-refractivity contribution >= 4 is 28.9 Å². The van der Waals surface area contributed by atoms with Crippen LogP contribution in [-0.2, 0) is 4.79 Å². The number of hydrogen-bond donors (Lipinski definition) is 2. The zero-order chi connectivity index (χ0) is 16.7. The zero-order valence-electron chi connectivity index (χ0n) is 13.4. The van der Waals surface area contributed by atoms with Crippen molar-refractivity contribution in [2.24, 2.45) is 0 Å². The Balaban J connectivity index is 1.77. The summed E-state index contributed by atoms with van der Waals surface area (Å²) in [5.74, 6) is 0.753. The zero-order valence-corrected chi connectivity index (χ0v) is 14.1. The lowest BCUT2D eigenvalue weighted by molar-refractivity contribution is -0.115. The molecule has 0 bridgehead atoms. The summed E-state index contributed by atoms with van der Waals surface area (Å²) in [5, 5.41) is 6.76. The molecule has 2 N–H and O–H groups in total. The Labute approximate surface area is 141 Å². The van der Waals surface area contributed by atoms with E-state index in [-0.39, 0.29) is 5.91 Å². The van der Waals surface area contributed by atoms with Crippen LogP contribution in [0.15, 0.2) is 42.5 Å². The van der Waals surface area contributed by atoms with Crippen molar-refractivity contribution in [1.82, 2.24) is 0 Å². The van der Waals surface area contributed by atoms with Gasteiger partial charge in [0.15, 0.2) is 0 Å². The second-order valence-electron chi connectivity index (χ2n) is 5.15. The number of carbonyl (C=O) groups is 1. The molecular formula is C18H21ClN2O2. The van der Waals surface area contributed by atoms with Gasteiger partial charge >= 0.3 is 0 Å². The second kappa shape index (κ2) is 8.44. The molecule has 4 nitrogen and oxygen atoms in total. The molecule has 0 aliphatic rings. The number of hydrogen-bond acceptors (Lipinski definition) is 3. The van der Waals surface area contributed by atoms with Gasteiger partial charge in [0.05, 0.1) is 6.61 Å². The van der Waals surface area contributed by atoms with Gasteiger partial charge in [-0.15, -0.1) is 0 Å². The van der Waals surface area contributed by atoms with Crippen LogP contribution >= 0.6 is 11.6 Å². The summed E-state index contributed by atoms with van der Waals surface area (Å²) in [5.41, 5.74) is 2.71. The van der Waals surface area contributed by atoms with E-state index in [0.29, 0.717) is 24.6 Å². The largest absolute Gasteiger partial charge is 0.494 e. The van der Waals surface area contributed by atoms with E-state index in [4.69, 9.17) is 16.3 Å². The molecule has 0 heterocycles. The summed E-state index contributed by atoms with van der Waals surface area (Å²) in [6.07, 6.45) is 0.374. The van der Waals surface area contributed by atoms with Crippen LogP contribution in [0.25, 0.3) is 0 Å². The molecule has 23 heavy (non-hydrogen) atoms. The maximum atomic E-state index is 11.9. The molecule has 5 heteroatoms. The fraction of sp³-hybridized carbons (Fsp3) is 0.278. The molecule has 0 fully saturated rings. The van der Waals surface area contributed by atoms with Crippen LogP contribution in [0.5, 0.6) is 5.75 Å². The van der Waals surface area contributed by atoms with Crippen LogP contribution in [0, 0.1) is 6.92 Å². The predicted octanol–water partition coefficient (Wildman–Crippen LogP) is 4.49. The van der Waals surface area contributed by atoms with Crippen molar-refractivity contribution in [2.75, 3.05) is 23.8 Å². The van der Waals surface area contributed by atoms with Gasteiger partial charge in [-0.05, 0) is 55.8 Å². The summed E-state index contributed by atoms with van der Waals surface area (Å²) >= 11 is 6.07. The standard InChI is InChI=1S/C18H21ClN2O2/c1-3-23-16-8-6-14(7-9-16)21-18(22)10-11-20-15-5-4-13(2)17(19)12-15/h4-9,12,20H,3,10-11H2,1-2H3,(H,21,22). The Morgan fingerprint density at radius 2 is 1.83 bits per heavy atom. The highest BCUT2D eigenvalue weighted by atomic mass is 35.5. The molecule has 2 aromatic carbocycles. The van der Waals surface area contributed by atoms with E-state index in [1.807, 2.05) is 56.3 Å². The van der Waals surface area contributed by atoms with Crippen LogP contribution in [0.4, 0.5) is 11.4 Å². The average molecular weight is 333 g/mol. The normalized spacial score (nSPS) is 10.2. The van der Waals surface area contributed by atoms with Crippen molar-refractivity contribution in [3.63, 3.8) is 0 Å². The predicted molar refractivity (Wildman–Crippen MR) is 95.5 cm³/mol. The molecule has 2 rings (SSSR count). The Kier molecular flexibility index (Phi) is 6.29. The Bertz CT molecular complexity index is 657. The van der Waals surface area contributed by atoms with Crippen LogP contribution in [-0.4, -0.2) is 19.1 Å². The lowest BCUT2D eigenvalue weighted by Crippen LogP contribution is -2.16. The molecule has 0 unspecified atom stereocenters. The van der Waals surface area contributed by atoms with Gasteiger partial charge in [-0.3, -0.25) is 4.79 Å². The molecular weight excluding hydrogens is 312 g/mol. The fourth-order valence-electron chi connectivity index (χ4n) is 2.05. The average Bonchev–Trinajstić information content (AvgIpc) is 2.53. The summed E-state index contributed by atoms with van der Waals surface area (Å²) in [7, 11) is 0. The van der Waals surface area contributed by atoms with Crippen molar-refractivity contribution in [3.8, 4) is 5.75 Å². The van der Waals surface area contributed by atoms with Crippen molar-refractivity contribution in [2.45, 2.75) is 20.3 Å². The Hall–Kier alpha value is -2.20. The molecule has 0 saturated carbocycles. The van der Waals surface area contributed by atoms with Gasteiger partial charge in [-0.1, -0.05) is 17.7 Å². The highest BCUT2D eigenvalue weighted by Gasteiger charge is 2.03. The topological polar surface area (TPSA) is 50.4 Å². The third-order valence-electron chi connectivity index (χ3n) is 3.30. The number of anilines is 2. The monoisotopic (exact) mass is 332 g/mol. The van der Waals surface area contributed by atoms with Gasteiger partial charge in [0.1, 0.15) is 5.75 Å². The van der Waals surface area contributed by atoms with E-state index in [9.17, 15) is 4.79 Å². The molecule has 0 atom stereocenters. The second-order valence-corrected chi connectivity index (χ2v) is 5.55. The Morgan fingerprint density at radius 1 is 1.13 bits per heavy atom. The number of nitrogens with one attached hydrogen (secondary N) is 2. The minimum atomic E-state index is -0.0418. The van der Waals surface area contributed by atoms with Crippen molar-refractivity contribution in [1.29, 1.82) is 0 Å². The van der Waals surface area contributed by atoms with E-state index in [1.165, 1.54) is 0 Å². The first-order valence-electron chi connectivity index (χ1n) is 7.61. The van der Waals surface area contributed by atoms with E-state index < -0.39 is 0 Å². The number of carbonyl (C=O) groups excluding carboxylic acids is 1. The third kappa shape index (κ3) is 5.49. The molecule has 2 aromatic rings. The minimum absolute atomic E-state index is 0.0418. The molecule has 0 aromatic heterocycles. The lowest BCUT2D eigenvalue weighted by Gasteiger charge is -2.09. The van der Waals surface area contributed by atoms with E-state index in [0.717, 1.165) is 22.7 Å². The highest BCUT2D eigenvalue weighted by Crippen LogP contribution is 2.20. The summed E-state index contributed by atoms with van der Waals surface area (Å²) in [4.78, 5) is 11.9. The number of aryl methyl sites for hydroxylation is 1. The first-order chi connectivity index (χ1) is 11.1. The van der Waals surface area contributed by atoms with E-state index in [1.54, 1.807) is 0 Å². The van der Waals surface area contributed by atoms with Gasteiger partial charge in [0, 0.05) is 29.4 Å². The minimum Gasteiger partial charge on any atom is -0.494 e. The van der Waals surface area contributed by atoms with Crippen LogP contribution in [0.3, 0.4) is 0 Å². The quantitative estimate of drug-likeness (QED) is 0.785. The maximum Gasteiger partial charge on any atom is 0.226 e. The van der Waals surface area contributed by atoms with Gasteiger partial charge in [0.2, 0.25) is 5.91 Å². The van der Waals surface area contributed by atoms with E-state index in [2.05, 4.69) is 10.6 Å². The smallest absolute Gasteiger partial charge is 0.226 e. The van der Waals surface area contributed by atoms with Crippen molar-refractivity contribution in [3.05, 3.63) is 53.1 Å². The van der Waals surface area contributed by atoms with Gasteiger partial charge in [-0.2, -0.15) is 0 Å². The molecule has 0 aliphatic carbocycles. The molecule has 122 valence electrons. The van der Waals surface area contributed by atoms with Crippen LogP contribution in [0.2, 0.25) is 5.02 Å². The SMILES string of the molecule is CCOc1ccc(NC(=O)CCNc2ccc(C)c(Cl)c2)cc1. The number of halogens is 1. The van der Waals surface area contributed by atoms with Gasteiger partial charge in [0.25, 0.3) is 0 Å². The Morgan fingerprint density at radius 3 is 2.48 bits per heavy atom. The van der Waals surface area contributed by atoms with Crippen LogP contribution in [0.1, 0.15) is 18.9 Å². The van der Waals surface area contributed by atoms with Gasteiger partial charge < -0.3 is 15.4 Å². The van der Waals surface area contributed by atoms with Gasteiger partial charge in [-0.25, -0.2) is 0 Å². The number of ether oxygens (including phenoxy) is 1. The highest BCUT2D eigenvalue weighted by molar-refractivity contribution is 6.31. The number of rotatable bonds is 7. The maximum absolute atomic E-state index is 11.9. The molecule has 1 amide bonds. The fourth-order valence-corrected chi connectivity index (χ4v) is 2.23. The molecule has 0 saturated heterocycles. The molecule has 0 aliphatic heterocycles. The summed E-state index contributed by atoms with van der Waals surface area (Å²) in [6, 6.07) is 13.1. The lowest BCUT2D eigenvalue weighted by atomic mass is 10.2. The summed E-state index contributed by atoms with van der Waals surface area (Å²) < 4.78 is 5.36. The molecule has 0 spiro atoms. The number of amides is 1. The number of benzene rings is 2. The first kappa shape index (κ1) is 17.2.